The molecule has 0 heterocycles. The average Bonchev–Trinajstić information content (AvgIpc) is 2.72. The zero-order chi connectivity index (χ0) is 18.2. The molecule has 3 heteroatoms. The van der Waals surface area contributed by atoms with Crippen LogP contribution in [0, 0.1) is 17.3 Å². The van der Waals surface area contributed by atoms with Crippen LogP contribution in [0.15, 0.2) is 29.8 Å². The van der Waals surface area contributed by atoms with Crippen LogP contribution in [0.25, 0.3) is 0 Å². The van der Waals surface area contributed by atoms with Crippen molar-refractivity contribution in [3.63, 3.8) is 0 Å². The van der Waals surface area contributed by atoms with Crippen LogP contribution in [0.3, 0.4) is 0 Å². The van der Waals surface area contributed by atoms with Gasteiger partial charge in [-0.1, -0.05) is 38.8 Å². The van der Waals surface area contributed by atoms with E-state index < -0.39 is 0 Å². The summed E-state index contributed by atoms with van der Waals surface area (Å²) in [5.41, 5.74) is 2.61. The lowest BCUT2D eigenvalue weighted by molar-refractivity contribution is -0.124. The van der Waals surface area contributed by atoms with Crippen molar-refractivity contribution in [1.29, 1.82) is 0 Å². The van der Waals surface area contributed by atoms with E-state index in [4.69, 9.17) is 9.47 Å². The highest BCUT2D eigenvalue weighted by molar-refractivity contribution is 5.90. The Morgan fingerprint density at radius 2 is 1.92 bits per heavy atom. The smallest absolute Gasteiger partial charge is 0.144 e. The lowest BCUT2D eigenvalue weighted by atomic mass is 9.63. The number of ketones is 1. The van der Waals surface area contributed by atoms with Crippen LogP contribution in [-0.4, -0.2) is 20.0 Å². The summed E-state index contributed by atoms with van der Waals surface area (Å²) in [6.07, 6.45) is 6.63. The molecule has 1 aromatic rings. The third kappa shape index (κ3) is 3.21. The predicted octanol–water partition coefficient (Wildman–Crippen LogP) is 5.15. The number of rotatable bonds is 3. The fourth-order valence-corrected chi connectivity index (χ4v) is 4.72. The molecule has 0 spiro atoms. The van der Waals surface area contributed by atoms with Gasteiger partial charge in [0.1, 0.15) is 17.3 Å². The van der Waals surface area contributed by atoms with Gasteiger partial charge in [-0.05, 0) is 48.8 Å². The van der Waals surface area contributed by atoms with Crippen LogP contribution in [0.2, 0.25) is 0 Å². The highest BCUT2D eigenvalue weighted by Crippen LogP contribution is 2.52. The molecular weight excluding hydrogens is 312 g/mol. The Morgan fingerprint density at radius 1 is 1.16 bits per heavy atom. The molecule has 1 fully saturated rings. The van der Waals surface area contributed by atoms with Crippen molar-refractivity contribution >= 4 is 5.78 Å². The summed E-state index contributed by atoms with van der Waals surface area (Å²) in [6, 6.07) is 5.82. The topological polar surface area (TPSA) is 35.5 Å². The first-order valence-corrected chi connectivity index (χ1v) is 9.35. The average molecular weight is 342 g/mol. The molecule has 0 amide bonds. The quantitative estimate of drug-likeness (QED) is 0.713. The molecule has 2 aliphatic carbocycles. The molecule has 25 heavy (non-hydrogen) atoms. The summed E-state index contributed by atoms with van der Waals surface area (Å²) in [6.45, 7) is 6.71. The standard InChI is InChI=1S/C22H30O3/c1-14-8-10-18-16(7-6-12-22(18,2)3)20(21(14)23)17-13-15(24-4)9-11-19(17)25-5/h9-11,13-14,16,20H,6-8,12H2,1-5H3/t14-,16+,20+/m0/s1. The van der Waals surface area contributed by atoms with Crippen molar-refractivity contribution in [2.75, 3.05) is 14.2 Å². The van der Waals surface area contributed by atoms with Crippen molar-refractivity contribution < 1.29 is 14.3 Å². The largest absolute Gasteiger partial charge is 0.497 e. The number of methoxy groups -OCH3 is 2. The van der Waals surface area contributed by atoms with E-state index in [2.05, 4.69) is 26.8 Å². The minimum absolute atomic E-state index is 0.0369. The number of hydrogen-bond donors (Lipinski definition) is 0. The van der Waals surface area contributed by atoms with Gasteiger partial charge in [0.2, 0.25) is 0 Å². The Labute approximate surface area is 151 Å². The van der Waals surface area contributed by atoms with Gasteiger partial charge in [0, 0.05) is 11.5 Å². The minimum atomic E-state index is -0.145. The van der Waals surface area contributed by atoms with Crippen molar-refractivity contribution in [1.82, 2.24) is 0 Å². The predicted molar refractivity (Wildman–Crippen MR) is 100 cm³/mol. The molecule has 1 aromatic carbocycles. The van der Waals surface area contributed by atoms with Crippen LogP contribution in [0.1, 0.15) is 57.9 Å². The normalized spacial score (nSPS) is 28.6. The summed E-state index contributed by atoms with van der Waals surface area (Å²) in [4.78, 5) is 13.3. The molecule has 0 bridgehead atoms. The second kappa shape index (κ2) is 6.86. The monoisotopic (exact) mass is 342 g/mol. The lowest BCUT2D eigenvalue weighted by Gasteiger charge is -2.41. The third-order valence-electron chi connectivity index (χ3n) is 6.16. The second-order valence-corrected chi connectivity index (χ2v) is 8.17. The maximum absolute atomic E-state index is 13.3. The van der Waals surface area contributed by atoms with Gasteiger partial charge in [0.25, 0.3) is 0 Å². The van der Waals surface area contributed by atoms with Crippen LogP contribution >= 0.6 is 0 Å². The molecule has 0 N–H and O–H groups in total. The molecular formula is C22H30O3. The van der Waals surface area contributed by atoms with E-state index in [0.717, 1.165) is 29.9 Å². The highest BCUT2D eigenvalue weighted by atomic mass is 16.5. The SMILES string of the molecule is COc1ccc(OC)c([C@@H]2C(=O)[C@@H](C)CC=C3[C@H]2CCCC3(C)C)c1. The zero-order valence-corrected chi connectivity index (χ0v) is 16.1. The minimum Gasteiger partial charge on any atom is -0.497 e. The fraction of sp³-hybridized carbons (Fsp3) is 0.591. The number of ether oxygens (including phenoxy) is 2. The van der Waals surface area contributed by atoms with Gasteiger partial charge in [-0.25, -0.2) is 0 Å². The van der Waals surface area contributed by atoms with Crippen LogP contribution in [0.5, 0.6) is 11.5 Å². The van der Waals surface area contributed by atoms with E-state index in [1.54, 1.807) is 14.2 Å². The first kappa shape index (κ1) is 18.0. The van der Waals surface area contributed by atoms with E-state index in [1.165, 1.54) is 18.4 Å². The number of allylic oxidation sites excluding steroid dienone is 2. The van der Waals surface area contributed by atoms with Crippen LogP contribution in [0.4, 0.5) is 0 Å². The Hall–Kier alpha value is -1.77. The molecule has 3 rings (SSSR count). The molecule has 0 unspecified atom stereocenters. The summed E-state index contributed by atoms with van der Waals surface area (Å²) in [5.74, 6) is 2.06. The number of carbonyl (C=O) groups is 1. The molecule has 0 aliphatic heterocycles. The third-order valence-corrected chi connectivity index (χ3v) is 6.16. The number of Topliss-reactive ketones (excluding diaryl/α,β-unsaturated/α-hetero) is 1. The maximum Gasteiger partial charge on any atom is 0.144 e. The van der Waals surface area contributed by atoms with E-state index in [-0.39, 0.29) is 23.2 Å². The van der Waals surface area contributed by atoms with Crippen LogP contribution in [-0.2, 0) is 4.79 Å². The molecule has 3 atom stereocenters. The van der Waals surface area contributed by atoms with E-state index in [1.807, 2.05) is 18.2 Å². The van der Waals surface area contributed by atoms with Gasteiger partial charge in [0.05, 0.1) is 20.1 Å². The number of benzene rings is 1. The van der Waals surface area contributed by atoms with Crippen molar-refractivity contribution in [2.24, 2.45) is 17.3 Å². The Kier molecular flexibility index (Phi) is 4.95. The summed E-state index contributed by atoms with van der Waals surface area (Å²) < 4.78 is 11.1. The van der Waals surface area contributed by atoms with Crippen LogP contribution < -0.4 is 9.47 Å². The second-order valence-electron chi connectivity index (χ2n) is 8.17. The fourth-order valence-electron chi connectivity index (χ4n) is 4.72. The van der Waals surface area contributed by atoms with Crippen molar-refractivity contribution in [3.8, 4) is 11.5 Å². The number of carbonyl (C=O) groups excluding carboxylic acids is 1. The number of fused-ring (bicyclic) bond motifs is 1. The lowest BCUT2D eigenvalue weighted by Crippen LogP contribution is -2.33. The first-order valence-electron chi connectivity index (χ1n) is 9.35. The number of hydrogen-bond acceptors (Lipinski definition) is 3. The van der Waals surface area contributed by atoms with Gasteiger partial charge in [-0.2, -0.15) is 0 Å². The summed E-state index contributed by atoms with van der Waals surface area (Å²) in [5, 5.41) is 0. The van der Waals surface area contributed by atoms with E-state index in [0.29, 0.717) is 5.78 Å². The van der Waals surface area contributed by atoms with Crippen molar-refractivity contribution in [3.05, 3.63) is 35.4 Å². The van der Waals surface area contributed by atoms with Gasteiger partial charge in [-0.3, -0.25) is 4.79 Å². The molecule has 136 valence electrons. The van der Waals surface area contributed by atoms with Gasteiger partial charge < -0.3 is 9.47 Å². The molecule has 1 saturated carbocycles. The van der Waals surface area contributed by atoms with E-state index in [9.17, 15) is 4.79 Å². The molecule has 0 radical (unpaired) electrons. The molecule has 2 aliphatic rings. The van der Waals surface area contributed by atoms with E-state index >= 15 is 0 Å². The Balaban J connectivity index is 2.15. The summed E-state index contributed by atoms with van der Waals surface area (Å²) in [7, 11) is 3.34. The Bertz CT molecular complexity index is 687. The molecule has 0 saturated heterocycles. The maximum atomic E-state index is 13.3. The first-order chi connectivity index (χ1) is 11.9. The van der Waals surface area contributed by atoms with Gasteiger partial charge in [0.15, 0.2) is 0 Å². The molecule has 0 aromatic heterocycles. The Morgan fingerprint density at radius 3 is 2.60 bits per heavy atom. The van der Waals surface area contributed by atoms with Crippen molar-refractivity contribution in [2.45, 2.75) is 52.4 Å². The van der Waals surface area contributed by atoms with Gasteiger partial charge >= 0.3 is 0 Å². The van der Waals surface area contributed by atoms with Gasteiger partial charge in [-0.15, -0.1) is 0 Å². The summed E-state index contributed by atoms with van der Waals surface area (Å²) >= 11 is 0. The zero-order valence-electron chi connectivity index (χ0n) is 16.1. The highest BCUT2D eigenvalue weighted by Gasteiger charge is 2.44. The molecule has 3 nitrogen and oxygen atoms in total.